The molecule has 1 heterocycles. The summed E-state index contributed by atoms with van der Waals surface area (Å²) in [5.74, 6) is 0.928. The van der Waals surface area contributed by atoms with Crippen LogP contribution in [0.15, 0.2) is 35.4 Å². The van der Waals surface area contributed by atoms with Crippen LogP contribution in [0.25, 0.3) is 0 Å². The van der Waals surface area contributed by atoms with Crippen molar-refractivity contribution >= 4 is 17.6 Å². The van der Waals surface area contributed by atoms with E-state index in [1.807, 2.05) is 44.2 Å². The monoisotopic (exact) mass is 308 g/mol. The second-order valence-corrected chi connectivity index (χ2v) is 6.08. The van der Waals surface area contributed by atoms with Crippen molar-refractivity contribution in [3.8, 4) is 12.1 Å². The minimum Gasteiger partial charge on any atom is -0.383 e. The molecule has 1 aromatic heterocycles. The predicted octanol–water partition coefficient (Wildman–Crippen LogP) is 3.82. The molecule has 0 spiro atoms. The number of nitriles is 2. The SMILES string of the molecule is CC(C)c1c(C#N)c(N)nc(SCc2ccccc2)c1C#N. The topological polar surface area (TPSA) is 86.5 Å². The van der Waals surface area contributed by atoms with Crippen LogP contribution in [0.5, 0.6) is 0 Å². The van der Waals surface area contributed by atoms with E-state index in [4.69, 9.17) is 5.73 Å². The number of hydrogen-bond acceptors (Lipinski definition) is 5. The molecule has 5 heteroatoms. The van der Waals surface area contributed by atoms with Crippen LogP contribution in [-0.4, -0.2) is 4.98 Å². The summed E-state index contributed by atoms with van der Waals surface area (Å²) in [6.45, 7) is 3.89. The lowest BCUT2D eigenvalue weighted by Gasteiger charge is -2.15. The Morgan fingerprint density at radius 3 is 2.32 bits per heavy atom. The lowest BCUT2D eigenvalue weighted by Crippen LogP contribution is -2.07. The van der Waals surface area contributed by atoms with Crippen molar-refractivity contribution in [2.24, 2.45) is 0 Å². The number of nitrogen functional groups attached to an aromatic ring is 1. The molecule has 4 nitrogen and oxygen atoms in total. The van der Waals surface area contributed by atoms with Crippen molar-refractivity contribution < 1.29 is 0 Å². The Bertz CT molecular complexity index is 755. The summed E-state index contributed by atoms with van der Waals surface area (Å²) in [5, 5.41) is 19.4. The van der Waals surface area contributed by atoms with Crippen molar-refractivity contribution in [2.75, 3.05) is 5.73 Å². The second kappa shape index (κ2) is 6.98. The van der Waals surface area contributed by atoms with Crippen LogP contribution < -0.4 is 5.73 Å². The molecule has 0 aliphatic carbocycles. The van der Waals surface area contributed by atoms with Gasteiger partial charge in [0.25, 0.3) is 0 Å². The third-order valence-corrected chi connectivity index (χ3v) is 4.30. The van der Waals surface area contributed by atoms with E-state index in [2.05, 4.69) is 17.1 Å². The molecular weight excluding hydrogens is 292 g/mol. The smallest absolute Gasteiger partial charge is 0.143 e. The lowest BCUT2D eigenvalue weighted by molar-refractivity contribution is 0.843. The Hall–Kier alpha value is -2.50. The standard InChI is InChI=1S/C17H16N4S/c1-11(2)15-13(8-18)16(20)21-17(14(15)9-19)22-10-12-6-4-3-5-7-12/h3-7,11H,10H2,1-2H3,(H2,20,21). The number of nitrogens with zero attached hydrogens (tertiary/aromatic N) is 3. The van der Waals surface area contributed by atoms with Gasteiger partial charge in [-0.15, -0.1) is 11.8 Å². The molecular formula is C17H16N4S. The van der Waals surface area contributed by atoms with E-state index in [1.165, 1.54) is 11.8 Å². The van der Waals surface area contributed by atoms with Gasteiger partial charge < -0.3 is 5.73 Å². The number of hydrogen-bond donors (Lipinski definition) is 1. The minimum absolute atomic E-state index is 0.0330. The summed E-state index contributed by atoms with van der Waals surface area (Å²) in [6, 6.07) is 14.2. The quantitative estimate of drug-likeness (QED) is 0.867. The molecule has 2 N–H and O–H groups in total. The first-order chi connectivity index (χ1) is 10.6. The molecule has 0 saturated heterocycles. The van der Waals surface area contributed by atoms with E-state index >= 15 is 0 Å². The highest BCUT2D eigenvalue weighted by molar-refractivity contribution is 7.98. The van der Waals surface area contributed by atoms with Gasteiger partial charge in [0.2, 0.25) is 0 Å². The molecule has 0 atom stereocenters. The number of aromatic nitrogens is 1. The van der Waals surface area contributed by atoms with Crippen LogP contribution in [0.1, 0.15) is 42.0 Å². The van der Waals surface area contributed by atoms with E-state index in [1.54, 1.807) is 0 Å². The summed E-state index contributed by atoms with van der Waals surface area (Å²) in [5.41, 5.74) is 8.52. The summed E-state index contributed by atoms with van der Waals surface area (Å²) in [4.78, 5) is 4.27. The minimum atomic E-state index is 0.0330. The predicted molar refractivity (Wildman–Crippen MR) is 88.2 cm³/mol. The molecule has 0 saturated carbocycles. The van der Waals surface area contributed by atoms with Gasteiger partial charge in [0.05, 0.1) is 11.1 Å². The fourth-order valence-electron chi connectivity index (χ4n) is 2.23. The summed E-state index contributed by atoms with van der Waals surface area (Å²) in [7, 11) is 0. The van der Waals surface area contributed by atoms with E-state index < -0.39 is 0 Å². The Morgan fingerprint density at radius 1 is 1.14 bits per heavy atom. The maximum absolute atomic E-state index is 9.50. The van der Waals surface area contributed by atoms with Crippen molar-refractivity contribution in [1.82, 2.24) is 4.98 Å². The number of rotatable bonds is 4. The molecule has 0 bridgehead atoms. The Kier molecular flexibility index (Phi) is 5.04. The largest absolute Gasteiger partial charge is 0.383 e. The van der Waals surface area contributed by atoms with E-state index in [0.717, 1.165) is 5.56 Å². The van der Waals surface area contributed by atoms with Gasteiger partial charge in [0.15, 0.2) is 0 Å². The molecule has 110 valence electrons. The molecule has 0 radical (unpaired) electrons. The molecule has 0 amide bonds. The van der Waals surface area contributed by atoms with Gasteiger partial charge in [-0.1, -0.05) is 44.2 Å². The van der Waals surface area contributed by atoms with Crippen LogP contribution in [0.2, 0.25) is 0 Å². The highest BCUT2D eigenvalue weighted by Crippen LogP contribution is 2.34. The molecule has 22 heavy (non-hydrogen) atoms. The van der Waals surface area contributed by atoms with Gasteiger partial charge in [-0.05, 0) is 17.0 Å². The van der Waals surface area contributed by atoms with Gasteiger partial charge in [0, 0.05) is 5.75 Å². The second-order valence-electron chi connectivity index (χ2n) is 5.12. The van der Waals surface area contributed by atoms with E-state index in [0.29, 0.717) is 27.5 Å². The van der Waals surface area contributed by atoms with Crippen LogP contribution in [0, 0.1) is 22.7 Å². The first-order valence-corrected chi connectivity index (χ1v) is 7.87. The number of anilines is 1. The van der Waals surface area contributed by atoms with Crippen molar-refractivity contribution in [3.63, 3.8) is 0 Å². The highest BCUT2D eigenvalue weighted by Gasteiger charge is 2.21. The molecule has 0 aliphatic rings. The molecule has 2 rings (SSSR count). The third-order valence-electron chi connectivity index (χ3n) is 3.25. The first kappa shape index (κ1) is 15.9. The summed E-state index contributed by atoms with van der Waals surface area (Å²) in [6.07, 6.45) is 0. The fraction of sp³-hybridized carbons (Fsp3) is 0.235. The maximum Gasteiger partial charge on any atom is 0.143 e. The number of benzene rings is 1. The fourth-order valence-corrected chi connectivity index (χ4v) is 3.19. The van der Waals surface area contributed by atoms with Crippen LogP contribution in [0.4, 0.5) is 5.82 Å². The Morgan fingerprint density at radius 2 is 1.77 bits per heavy atom. The van der Waals surface area contributed by atoms with Gasteiger partial charge >= 0.3 is 0 Å². The van der Waals surface area contributed by atoms with Crippen LogP contribution >= 0.6 is 11.8 Å². The number of pyridine rings is 1. The average Bonchev–Trinajstić information content (AvgIpc) is 2.52. The van der Waals surface area contributed by atoms with Crippen molar-refractivity contribution in [1.29, 1.82) is 10.5 Å². The lowest BCUT2D eigenvalue weighted by atomic mass is 9.94. The highest BCUT2D eigenvalue weighted by atomic mass is 32.2. The molecule has 0 aliphatic heterocycles. The van der Waals surface area contributed by atoms with E-state index in [9.17, 15) is 10.5 Å². The molecule has 0 unspecified atom stereocenters. The van der Waals surface area contributed by atoms with Crippen LogP contribution in [0.3, 0.4) is 0 Å². The maximum atomic E-state index is 9.50. The summed E-state index contributed by atoms with van der Waals surface area (Å²) >= 11 is 1.47. The molecule has 2 aromatic rings. The van der Waals surface area contributed by atoms with Gasteiger partial charge in [-0.2, -0.15) is 10.5 Å². The average molecular weight is 308 g/mol. The zero-order valence-electron chi connectivity index (χ0n) is 12.5. The number of nitrogens with two attached hydrogens (primary N) is 1. The molecule has 0 fully saturated rings. The number of thioether (sulfide) groups is 1. The van der Waals surface area contributed by atoms with Gasteiger partial charge in [-0.3, -0.25) is 0 Å². The normalized spacial score (nSPS) is 10.2. The zero-order chi connectivity index (χ0) is 16.1. The first-order valence-electron chi connectivity index (χ1n) is 6.88. The third kappa shape index (κ3) is 3.21. The van der Waals surface area contributed by atoms with E-state index in [-0.39, 0.29) is 11.7 Å². The zero-order valence-corrected chi connectivity index (χ0v) is 13.3. The summed E-state index contributed by atoms with van der Waals surface area (Å²) < 4.78 is 0. The molecule has 1 aromatic carbocycles. The Balaban J connectivity index is 2.44. The van der Waals surface area contributed by atoms with Gasteiger partial charge in [-0.25, -0.2) is 4.98 Å². The van der Waals surface area contributed by atoms with Crippen LogP contribution in [-0.2, 0) is 5.75 Å². The van der Waals surface area contributed by atoms with Crippen molar-refractivity contribution in [3.05, 3.63) is 52.6 Å². The Labute approximate surface area is 134 Å². The van der Waals surface area contributed by atoms with Crippen molar-refractivity contribution in [2.45, 2.75) is 30.5 Å². The van der Waals surface area contributed by atoms with Gasteiger partial charge in [0.1, 0.15) is 23.0 Å².